The molecule has 3 aromatic carbocycles. The van der Waals surface area contributed by atoms with Crippen molar-refractivity contribution < 1.29 is 19.0 Å². The number of nitrogens with zero attached hydrogens (tertiary/aromatic N) is 2. The molecular formula is C24H20N2O4. The fourth-order valence-electron chi connectivity index (χ4n) is 5.06. The summed E-state index contributed by atoms with van der Waals surface area (Å²) in [4.78, 5) is 12.6. The Labute approximate surface area is 173 Å². The van der Waals surface area contributed by atoms with Crippen molar-refractivity contribution in [3.05, 3.63) is 71.8 Å². The van der Waals surface area contributed by atoms with Gasteiger partial charge in [0.05, 0.1) is 38.0 Å². The Kier molecular flexibility index (Phi) is 3.67. The summed E-state index contributed by atoms with van der Waals surface area (Å²) < 4.78 is 16.8. The average molecular weight is 400 g/mol. The Morgan fingerprint density at radius 1 is 0.967 bits per heavy atom. The molecule has 6 heteroatoms. The lowest BCUT2D eigenvalue weighted by Crippen LogP contribution is -2.38. The molecule has 4 atom stereocenters. The zero-order valence-electron chi connectivity index (χ0n) is 16.6. The highest BCUT2D eigenvalue weighted by atomic mass is 16.5. The topological polar surface area (TPSA) is 60.4 Å². The van der Waals surface area contributed by atoms with Gasteiger partial charge >= 0.3 is 5.97 Å². The van der Waals surface area contributed by atoms with Crippen LogP contribution in [0, 0.1) is 5.92 Å². The van der Waals surface area contributed by atoms with Gasteiger partial charge < -0.3 is 14.2 Å². The Morgan fingerprint density at radius 2 is 1.63 bits per heavy atom. The van der Waals surface area contributed by atoms with Crippen LogP contribution >= 0.6 is 0 Å². The average Bonchev–Trinajstić information content (AvgIpc) is 3.47. The van der Waals surface area contributed by atoms with Crippen LogP contribution in [0.5, 0.6) is 5.75 Å². The molecule has 150 valence electrons. The normalized spacial score (nSPS) is 25.8. The number of ether oxygens (including phenoxy) is 3. The smallest absolute Gasteiger partial charge is 0.354 e. The van der Waals surface area contributed by atoms with Gasteiger partial charge in [-0.15, -0.1) is 0 Å². The van der Waals surface area contributed by atoms with Crippen molar-refractivity contribution >= 4 is 28.1 Å². The van der Waals surface area contributed by atoms with Crippen LogP contribution in [0.4, 0.5) is 5.69 Å². The Morgan fingerprint density at radius 3 is 2.27 bits per heavy atom. The number of fused-ring (bicyclic) bond motifs is 9. The summed E-state index contributed by atoms with van der Waals surface area (Å²) in [7, 11) is 3.03. The van der Waals surface area contributed by atoms with Gasteiger partial charge in [0.2, 0.25) is 0 Å². The van der Waals surface area contributed by atoms with Crippen molar-refractivity contribution in [3.8, 4) is 5.75 Å². The molecule has 0 aromatic heterocycles. The fraction of sp³-hybridized carbons (Fsp3) is 0.250. The molecular weight excluding hydrogens is 380 g/mol. The molecule has 2 bridgehead atoms. The number of hydrazone groups is 1. The molecule has 0 spiro atoms. The summed E-state index contributed by atoms with van der Waals surface area (Å²) in [5, 5.41) is 8.99. The highest BCUT2D eigenvalue weighted by molar-refractivity contribution is 6.38. The van der Waals surface area contributed by atoms with E-state index in [-0.39, 0.29) is 24.2 Å². The predicted octanol–water partition coefficient (Wildman–Crippen LogP) is 4.01. The van der Waals surface area contributed by atoms with Gasteiger partial charge in [-0.25, -0.2) is 4.79 Å². The fourth-order valence-corrected chi connectivity index (χ4v) is 5.06. The van der Waals surface area contributed by atoms with Crippen LogP contribution in [0.2, 0.25) is 0 Å². The quantitative estimate of drug-likeness (QED) is 0.622. The van der Waals surface area contributed by atoms with E-state index in [1.807, 2.05) is 41.4 Å². The Bertz CT molecular complexity index is 1200. The maximum Gasteiger partial charge on any atom is 0.354 e. The Hall–Kier alpha value is -3.38. The van der Waals surface area contributed by atoms with Crippen molar-refractivity contribution in [2.75, 3.05) is 19.2 Å². The summed E-state index contributed by atoms with van der Waals surface area (Å²) in [5.74, 6) is 0.199. The molecule has 0 radical (unpaired) electrons. The molecule has 3 aliphatic heterocycles. The summed E-state index contributed by atoms with van der Waals surface area (Å²) in [6.45, 7) is 0. The summed E-state index contributed by atoms with van der Waals surface area (Å²) in [6, 6.07) is 20.3. The number of methoxy groups -OCH3 is 2. The van der Waals surface area contributed by atoms with Crippen LogP contribution < -0.4 is 9.75 Å². The predicted molar refractivity (Wildman–Crippen MR) is 113 cm³/mol. The highest BCUT2D eigenvalue weighted by Crippen LogP contribution is 2.59. The first-order valence-corrected chi connectivity index (χ1v) is 9.98. The summed E-state index contributed by atoms with van der Waals surface area (Å²) in [5.41, 5.74) is 3.64. The van der Waals surface area contributed by atoms with Crippen LogP contribution in [0.25, 0.3) is 10.8 Å². The zero-order chi connectivity index (χ0) is 20.4. The number of hydrogen-bond acceptors (Lipinski definition) is 6. The number of carbonyl (C=O) groups is 1. The molecule has 1 fully saturated rings. The highest BCUT2D eigenvalue weighted by Gasteiger charge is 2.61. The molecule has 6 nitrogen and oxygen atoms in total. The number of benzene rings is 3. The molecule has 0 amide bonds. The number of anilines is 1. The second-order valence-electron chi connectivity index (χ2n) is 7.84. The first kappa shape index (κ1) is 17.5. The van der Waals surface area contributed by atoms with Crippen LogP contribution in [-0.4, -0.2) is 31.9 Å². The van der Waals surface area contributed by atoms with E-state index in [0.717, 1.165) is 17.0 Å². The summed E-state index contributed by atoms with van der Waals surface area (Å²) >= 11 is 0. The minimum atomic E-state index is -0.403. The van der Waals surface area contributed by atoms with Crippen molar-refractivity contribution in [3.63, 3.8) is 0 Å². The van der Waals surface area contributed by atoms with Crippen molar-refractivity contribution in [2.45, 2.75) is 18.2 Å². The molecule has 4 unspecified atom stereocenters. The molecule has 0 N–H and O–H groups in total. The van der Waals surface area contributed by atoms with E-state index in [2.05, 4.69) is 24.3 Å². The van der Waals surface area contributed by atoms with Crippen LogP contribution in [0.3, 0.4) is 0 Å². The third kappa shape index (κ3) is 2.28. The van der Waals surface area contributed by atoms with E-state index in [9.17, 15) is 4.79 Å². The van der Waals surface area contributed by atoms with Crippen molar-refractivity contribution in [2.24, 2.45) is 11.0 Å². The molecule has 30 heavy (non-hydrogen) atoms. The van der Waals surface area contributed by atoms with Gasteiger partial charge in [0, 0.05) is 0 Å². The maximum absolute atomic E-state index is 12.6. The van der Waals surface area contributed by atoms with E-state index >= 15 is 0 Å². The van der Waals surface area contributed by atoms with Gasteiger partial charge in [0.15, 0.2) is 5.71 Å². The van der Waals surface area contributed by atoms with Gasteiger partial charge in [0.25, 0.3) is 0 Å². The number of carbonyl (C=O) groups excluding carboxylic acids is 1. The van der Waals surface area contributed by atoms with Gasteiger partial charge in [-0.05, 0) is 58.3 Å². The monoisotopic (exact) mass is 400 g/mol. The van der Waals surface area contributed by atoms with Gasteiger partial charge in [-0.3, -0.25) is 5.01 Å². The van der Waals surface area contributed by atoms with Crippen LogP contribution in [0.15, 0.2) is 65.8 Å². The molecule has 3 aromatic rings. The van der Waals surface area contributed by atoms with Gasteiger partial charge in [0.1, 0.15) is 11.9 Å². The molecule has 3 aliphatic rings. The van der Waals surface area contributed by atoms with Crippen LogP contribution in [0.1, 0.15) is 23.3 Å². The lowest BCUT2D eigenvalue weighted by Gasteiger charge is -2.30. The maximum atomic E-state index is 12.6. The largest absolute Gasteiger partial charge is 0.497 e. The lowest BCUT2D eigenvalue weighted by atomic mass is 9.77. The second-order valence-corrected chi connectivity index (χ2v) is 7.84. The van der Waals surface area contributed by atoms with Gasteiger partial charge in [-0.1, -0.05) is 24.3 Å². The van der Waals surface area contributed by atoms with E-state index in [1.54, 1.807) is 7.11 Å². The molecule has 0 aliphatic carbocycles. The van der Waals surface area contributed by atoms with Crippen molar-refractivity contribution in [1.29, 1.82) is 0 Å². The molecule has 3 heterocycles. The zero-order valence-corrected chi connectivity index (χ0v) is 16.6. The third-order valence-corrected chi connectivity index (χ3v) is 6.41. The van der Waals surface area contributed by atoms with E-state index in [0.29, 0.717) is 5.71 Å². The first-order chi connectivity index (χ1) is 14.7. The molecule has 0 saturated carbocycles. The third-order valence-electron chi connectivity index (χ3n) is 6.41. The van der Waals surface area contributed by atoms with E-state index in [4.69, 9.17) is 19.3 Å². The SMILES string of the molecule is COC(=O)C1=NN(c2ccc(OC)cc2)C2C3OC(c4cc5ccccc5cc43)C12. The first-order valence-electron chi connectivity index (χ1n) is 9.98. The summed E-state index contributed by atoms with van der Waals surface area (Å²) in [6.07, 6.45) is -0.367. The molecule has 1 saturated heterocycles. The van der Waals surface area contributed by atoms with Gasteiger partial charge in [-0.2, -0.15) is 5.10 Å². The minimum absolute atomic E-state index is 0.0915. The second kappa shape index (κ2) is 6.31. The lowest BCUT2D eigenvalue weighted by molar-refractivity contribution is -0.133. The van der Waals surface area contributed by atoms with E-state index in [1.165, 1.54) is 23.4 Å². The number of hydrogen-bond donors (Lipinski definition) is 0. The minimum Gasteiger partial charge on any atom is -0.497 e. The standard InChI is InChI=1S/C24H20N2O4/c1-28-16-9-7-15(8-10-16)26-21-19(20(25-26)24(27)29-2)22-17-11-13-5-3-4-6-14(13)12-18(17)23(21)30-22/h3-12,19,21-23H,1-2H3. The number of rotatable bonds is 3. The Balaban J connectivity index is 1.48. The number of esters is 1. The molecule has 6 rings (SSSR count). The van der Waals surface area contributed by atoms with E-state index < -0.39 is 5.97 Å². The van der Waals surface area contributed by atoms with Crippen molar-refractivity contribution in [1.82, 2.24) is 0 Å². The van der Waals surface area contributed by atoms with Crippen LogP contribution in [-0.2, 0) is 14.3 Å².